The first-order valence-corrected chi connectivity index (χ1v) is 39.2. The second-order valence-corrected chi connectivity index (χ2v) is 28.4. The van der Waals surface area contributed by atoms with Crippen molar-refractivity contribution >= 4 is 55.7 Å². The van der Waals surface area contributed by atoms with Crippen LogP contribution in [0.1, 0.15) is 0 Å². The minimum atomic E-state index is 0. The summed E-state index contributed by atoms with van der Waals surface area (Å²) in [6, 6.07) is 111. The predicted molar refractivity (Wildman–Crippen MR) is 462 cm³/mol. The summed E-state index contributed by atoms with van der Waals surface area (Å²) in [6.45, 7) is 0. The molecule has 6 aromatic carbocycles. The molecule has 0 bridgehead atoms. The number of hydrogen-bond donors (Lipinski definition) is 0. The summed E-state index contributed by atoms with van der Waals surface area (Å²) in [6.07, 6.45) is 14.2. The number of hydrogen-bond acceptors (Lipinski definition) is 20. The van der Waals surface area contributed by atoms with Gasteiger partial charge in [-0.25, -0.2) is 19.9 Å². The number of pyridine rings is 12. The molecule has 0 aliphatic rings. The average molecular weight is 1650 g/mol. The molecule has 0 amide bonds. The largest absolute Gasteiger partial charge is 2.00 e. The van der Waals surface area contributed by atoms with Crippen molar-refractivity contribution in [1.82, 2.24) is 59.8 Å². The molecule has 0 N–H and O–H groups in total. The summed E-state index contributed by atoms with van der Waals surface area (Å²) < 4.78 is 0. The Labute approximate surface area is 709 Å². The van der Waals surface area contributed by atoms with Crippen LogP contribution in [0.3, 0.4) is 0 Å². The van der Waals surface area contributed by atoms with E-state index in [0.717, 1.165) is 180 Å². The van der Waals surface area contributed by atoms with Gasteiger partial charge in [-0.15, -0.1) is 0 Å². The molecule has 118 heavy (non-hydrogen) atoms. The van der Waals surface area contributed by atoms with E-state index >= 15 is 0 Å². The summed E-state index contributed by atoms with van der Waals surface area (Å²) in [5.41, 5.74) is 25.3. The molecule has 12 heterocycles. The van der Waals surface area contributed by atoms with Crippen LogP contribution in [0.2, 0.25) is 0 Å². The van der Waals surface area contributed by atoms with E-state index in [1.54, 1.807) is 71.2 Å². The van der Waals surface area contributed by atoms with Gasteiger partial charge in [0.25, 0.3) is 0 Å². The van der Waals surface area contributed by atoms with Crippen LogP contribution in [-0.4, -0.2) is 59.8 Å². The predicted octanol–water partition coefficient (Wildman–Crippen LogP) is 26.2. The maximum Gasteiger partial charge on any atom is 2.00 e. The van der Waals surface area contributed by atoms with Gasteiger partial charge in [0.1, 0.15) is 0 Å². The molecule has 0 atom stereocenters. The van der Waals surface area contributed by atoms with E-state index in [0.29, 0.717) is 0 Å². The zero-order chi connectivity index (χ0) is 77.9. The molecule has 562 valence electrons. The second kappa shape index (κ2) is 38.7. The molecule has 0 radical (unpaired) electrons. The van der Waals surface area contributed by atoms with Gasteiger partial charge in [0, 0.05) is 59.4 Å². The molecule has 18 rings (SSSR count). The molecule has 0 saturated heterocycles. The van der Waals surface area contributed by atoms with Crippen molar-refractivity contribution in [2.45, 2.75) is 9.79 Å². The molecule has 18 aromatic rings. The number of nitrogens with zero attached hydrogens (tertiary/aromatic N) is 18. The Kier molecular flexibility index (Phi) is 25.9. The normalized spacial score (nSPS) is 11.1. The van der Waals surface area contributed by atoms with Crippen molar-refractivity contribution in [2.24, 2.45) is 30.7 Å². The Balaban J connectivity index is 0.000000188. The first-order valence-electron chi connectivity index (χ1n) is 37.0. The standard InChI is InChI=1S/C54H36N10S2.C42H28N8.2Fe/c1-5-29-55-47(9-1)51-33-39(34-52(59-51)48-10-2-6-30-56-48)37-13-17-41(18-14-37)61-63-43-21-25-45(26-22-43)65-66-46-27-23-44(24-28-46)64-62-42-19-15-38(16-20-42)40-35-53(49-11-3-7-31-57-49)60-54(36-40)50-12-4-8-32-58-50;1-5-21-43-35(9-1)39-25-31(26-40(47-39)36-10-2-6-22-44-36)29-13-17-33(18-14-29)49-50-34-19-15-30(16-20-34)32-27-41(37-11-3-7-23-45-37)48-42(28-32)38-12-4-8-24-46-38;;/h1-36H;1-28H;;/q;;2*+2. The molecule has 0 spiro atoms. The van der Waals surface area contributed by atoms with Crippen LogP contribution in [0.5, 0.6) is 0 Å². The van der Waals surface area contributed by atoms with Gasteiger partial charge in [-0.1, -0.05) is 119 Å². The summed E-state index contributed by atoms with van der Waals surface area (Å²) in [4.78, 5) is 57.9. The van der Waals surface area contributed by atoms with Gasteiger partial charge in [0.05, 0.1) is 125 Å². The molecule has 12 aromatic heterocycles. The maximum absolute atomic E-state index is 4.88. The van der Waals surface area contributed by atoms with Gasteiger partial charge in [-0.3, -0.25) is 39.9 Å². The Bertz CT molecular complexity index is 5810. The van der Waals surface area contributed by atoms with E-state index in [9.17, 15) is 0 Å². The van der Waals surface area contributed by atoms with Crippen LogP contribution < -0.4 is 0 Å². The average Bonchev–Trinajstić information content (AvgIpc) is 0.816. The monoisotopic (exact) mass is 1640 g/mol. The van der Waals surface area contributed by atoms with Gasteiger partial charge in [0.15, 0.2) is 0 Å². The van der Waals surface area contributed by atoms with E-state index in [4.69, 9.17) is 19.9 Å². The molecule has 18 nitrogen and oxygen atoms in total. The van der Waals surface area contributed by atoms with Gasteiger partial charge in [0.2, 0.25) is 0 Å². The van der Waals surface area contributed by atoms with E-state index in [2.05, 4.69) is 119 Å². The molecule has 0 aliphatic heterocycles. The SMILES string of the molecule is [Fe+2].[Fe+2].c1ccc(-c2cc(-c3ccc(N=Nc4ccc(-c5cc(-c6ccccn6)nc(-c6ccccn6)c5)cc4)cc3)cc(-c3ccccn3)n2)nc1.c1ccc(-c2cc(-c3ccc(N=Nc4ccc(SSc5ccc(N=Nc6ccc(-c7cc(-c8ccccn8)nc(-c8ccccn8)c7)cc6)cc5)cc4)cc3)cc(-c3ccccn3)n2)nc1. The molecular formula is C96H64Fe2N18S2+4. The van der Waals surface area contributed by atoms with E-state index in [-0.39, 0.29) is 34.1 Å². The Morgan fingerprint density at radius 2 is 0.305 bits per heavy atom. The third kappa shape index (κ3) is 20.2. The Morgan fingerprint density at radius 3 is 0.449 bits per heavy atom. The fourth-order valence-electron chi connectivity index (χ4n) is 12.4. The van der Waals surface area contributed by atoms with Crippen LogP contribution in [0, 0.1) is 0 Å². The van der Waals surface area contributed by atoms with Crippen molar-refractivity contribution in [3.05, 3.63) is 389 Å². The van der Waals surface area contributed by atoms with E-state index in [1.165, 1.54) is 0 Å². The van der Waals surface area contributed by atoms with Crippen molar-refractivity contribution in [2.75, 3.05) is 0 Å². The second-order valence-electron chi connectivity index (χ2n) is 26.2. The Hall–Kier alpha value is -14.3. The van der Waals surface area contributed by atoms with Gasteiger partial charge >= 0.3 is 34.1 Å². The van der Waals surface area contributed by atoms with Crippen LogP contribution >= 0.6 is 21.6 Å². The molecule has 0 unspecified atom stereocenters. The van der Waals surface area contributed by atoms with Crippen molar-refractivity contribution < 1.29 is 34.1 Å². The Morgan fingerprint density at radius 1 is 0.153 bits per heavy atom. The minimum absolute atomic E-state index is 0. The van der Waals surface area contributed by atoms with Crippen molar-refractivity contribution in [3.63, 3.8) is 0 Å². The summed E-state index contributed by atoms with van der Waals surface area (Å²) in [5, 5.41) is 27.0. The third-order valence-electron chi connectivity index (χ3n) is 18.3. The summed E-state index contributed by atoms with van der Waals surface area (Å²) in [7, 11) is 3.35. The number of rotatable bonds is 21. The first-order chi connectivity index (χ1) is 57.4. The minimum Gasteiger partial charge on any atom is -0.255 e. The fourth-order valence-corrected chi connectivity index (χ4v) is 14.3. The molecule has 0 fully saturated rings. The summed E-state index contributed by atoms with van der Waals surface area (Å²) >= 11 is 0. The van der Waals surface area contributed by atoms with Crippen molar-refractivity contribution in [1.29, 1.82) is 0 Å². The van der Waals surface area contributed by atoms with Crippen LogP contribution in [0.25, 0.3) is 136 Å². The number of benzene rings is 6. The smallest absolute Gasteiger partial charge is 0.255 e. The summed E-state index contributed by atoms with van der Waals surface area (Å²) in [5.74, 6) is 0. The maximum atomic E-state index is 4.88. The van der Waals surface area contributed by atoms with Gasteiger partial charge < -0.3 is 0 Å². The van der Waals surface area contributed by atoms with Crippen molar-refractivity contribution in [3.8, 4) is 136 Å². The molecule has 0 saturated carbocycles. The quantitative estimate of drug-likeness (QED) is 0.0370. The van der Waals surface area contributed by atoms with Gasteiger partial charge in [-0.2, -0.15) is 30.7 Å². The zero-order valence-electron chi connectivity index (χ0n) is 62.5. The third-order valence-corrected chi connectivity index (χ3v) is 20.7. The zero-order valence-corrected chi connectivity index (χ0v) is 66.4. The van der Waals surface area contributed by atoms with Crippen LogP contribution in [0.15, 0.2) is 430 Å². The van der Waals surface area contributed by atoms with Gasteiger partial charge in [-0.05, 0) is 287 Å². The van der Waals surface area contributed by atoms with Crippen LogP contribution in [-0.2, 0) is 34.1 Å². The first kappa shape index (κ1) is 78.9. The number of azo groups is 3. The molecular weight excluding hydrogens is 1580 g/mol. The molecule has 22 heteroatoms. The topological polar surface area (TPSA) is 229 Å². The van der Waals surface area contributed by atoms with E-state index in [1.807, 2.05) is 291 Å². The molecule has 0 aliphatic carbocycles. The van der Waals surface area contributed by atoms with Crippen LogP contribution in [0.4, 0.5) is 34.1 Å². The number of aromatic nitrogens is 12. The van der Waals surface area contributed by atoms with E-state index < -0.39 is 0 Å². The fraction of sp³-hybridized carbons (Fsp3) is 0.